The highest BCUT2D eigenvalue weighted by atomic mass is 19.4. The molecule has 0 aromatic heterocycles. The summed E-state index contributed by atoms with van der Waals surface area (Å²) in [5.74, 6) is -0.0937. The number of guanidine groups is 1. The molecule has 0 saturated carbocycles. The topological polar surface area (TPSA) is 68.9 Å². The molecular weight excluding hydrogens is 359 g/mol. The molecule has 2 aromatic rings. The summed E-state index contributed by atoms with van der Waals surface area (Å²) in [6.45, 7) is 1.75. The number of aliphatic imine (C=N–C) groups is 1. The van der Waals surface area contributed by atoms with E-state index in [9.17, 15) is 13.2 Å². The van der Waals surface area contributed by atoms with Gasteiger partial charge in [0.2, 0.25) is 0 Å². The molecule has 5 nitrogen and oxygen atoms in total. The first-order chi connectivity index (χ1) is 12.9. The Hall–Kier alpha value is -2.74. The van der Waals surface area contributed by atoms with Crippen molar-refractivity contribution in [3.8, 4) is 5.75 Å². The molecule has 0 aliphatic heterocycles. The monoisotopic (exact) mass is 381 g/mol. The minimum atomic E-state index is -4.71. The largest absolute Gasteiger partial charge is 0.573 e. The van der Waals surface area contributed by atoms with Crippen molar-refractivity contribution >= 4 is 11.6 Å². The average Bonchev–Trinajstić information content (AvgIpc) is 2.62. The van der Waals surface area contributed by atoms with E-state index in [1.807, 2.05) is 30.3 Å². The Bertz CT molecular complexity index is 704. The molecule has 8 heteroatoms. The van der Waals surface area contributed by atoms with Crippen LogP contribution in [-0.2, 0) is 11.3 Å². The summed E-state index contributed by atoms with van der Waals surface area (Å²) in [6.07, 6.45) is -3.04. The highest BCUT2D eigenvalue weighted by Gasteiger charge is 2.30. The van der Waals surface area contributed by atoms with Crippen LogP contribution in [0.25, 0.3) is 0 Å². The maximum atomic E-state index is 12.1. The number of unbranched alkanes of at least 4 members (excludes halogenated alkanes) is 1. The zero-order valence-corrected chi connectivity index (χ0v) is 14.7. The Morgan fingerprint density at radius 2 is 1.70 bits per heavy atom. The van der Waals surface area contributed by atoms with E-state index in [-0.39, 0.29) is 11.7 Å². The van der Waals surface area contributed by atoms with Crippen LogP contribution < -0.4 is 15.8 Å². The molecule has 0 atom stereocenters. The van der Waals surface area contributed by atoms with Gasteiger partial charge in [0.1, 0.15) is 5.75 Å². The van der Waals surface area contributed by atoms with Crippen LogP contribution in [0.2, 0.25) is 0 Å². The van der Waals surface area contributed by atoms with E-state index in [0.29, 0.717) is 25.4 Å². The van der Waals surface area contributed by atoms with Gasteiger partial charge in [0.25, 0.3) is 0 Å². The summed E-state index contributed by atoms with van der Waals surface area (Å²) in [5, 5.41) is 2.82. The van der Waals surface area contributed by atoms with E-state index in [0.717, 1.165) is 18.4 Å². The number of anilines is 1. The van der Waals surface area contributed by atoms with Crippen molar-refractivity contribution in [2.24, 2.45) is 10.7 Å². The first-order valence-electron chi connectivity index (χ1n) is 8.47. The number of ether oxygens (including phenoxy) is 2. The van der Waals surface area contributed by atoms with E-state index in [2.05, 4.69) is 15.0 Å². The van der Waals surface area contributed by atoms with Crippen molar-refractivity contribution in [1.82, 2.24) is 0 Å². The number of nitrogens with zero attached hydrogens (tertiary/aromatic N) is 1. The van der Waals surface area contributed by atoms with Crippen LogP contribution in [0.3, 0.4) is 0 Å². The minimum Gasteiger partial charge on any atom is -0.406 e. The second-order valence-electron chi connectivity index (χ2n) is 5.71. The molecule has 0 aliphatic rings. The number of halogens is 3. The van der Waals surface area contributed by atoms with Crippen molar-refractivity contribution in [3.63, 3.8) is 0 Å². The van der Waals surface area contributed by atoms with E-state index in [4.69, 9.17) is 10.5 Å². The summed E-state index contributed by atoms with van der Waals surface area (Å²) >= 11 is 0. The lowest BCUT2D eigenvalue weighted by Crippen LogP contribution is -2.23. The van der Waals surface area contributed by atoms with Gasteiger partial charge >= 0.3 is 6.36 Å². The van der Waals surface area contributed by atoms with Crippen molar-refractivity contribution in [2.45, 2.75) is 25.8 Å². The van der Waals surface area contributed by atoms with Gasteiger partial charge in [0.15, 0.2) is 5.96 Å². The second-order valence-corrected chi connectivity index (χ2v) is 5.71. The summed E-state index contributed by atoms with van der Waals surface area (Å²) < 4.78 is 45.7. The van der Waals surface area contributed by atoms with Crippen LogP contribution in [0.5, 0.6) is 5.75 Å². The molecule has 2 aromatic carbocycles. The van der Waals surface area contributed by atoms with Gasteiger partial charge < -0.3 is 20.5 Å². The van der Waals surface area contributed by atoms with Crippen molar-refractivity contribution in [2.75, 3.05) is 18.5 Å². The van der Waals surface area contributed by atoms with Gasteiger partial charge in [0, 0.05) is 18.8 Å². The van der Waals surface area contributed by atoms with Gasteiger partial charge in [0.05, 0.1) is 6.61 Å². The number of rotatable bonds is 9. The van der Waals surface area contributed by atoms with E-state index in [1.54, 1.807) is 0 Å². The standard InChI is InChI=1S/C19H22F3N3O2/c20-19(21,22)27-17-10-8-16(9-11-17)25-18(23)24-12-4-5-13-26-14-15-6-2-1-3-7-15/h1-3,6-11H,4-5,12-14H2,(H3,23,24,25). The zero-order chi connectivity index (χ0) is 19.5. The molecule has 0 radical (unpaired) electrons. The van der Waals surface area contributed by atoms with Gasteiger partial charge in [-0.3, -0.25) is 4.99 Å². The predicted molar refractivity (Wildman–Crippen MR) is 98.6 cm³/mol. The Morgan fingerprint density at radius 3 is 2.37 bits per heavy atom. The third-order valence-electron chi connectivity index (χ3n) is 3.45. The molecule has 0 fully saturated rings. The number of nitrogens with one attached hydrogen (secondary N) is 1. The molecule has 0 aliphatic carbocycles. The number of nitrogens with two attached hydrogens (primary N) is 1. The number of hydrogen-bond donors (Lipinski definition) is 2. The molecule has 2 rings (SSSR count). The molecule has 0 spiro atoms. The van der Waals surface area contributed by atoms with E-state index >= 15 is 0 Å². The third kappa shape index (κ3) is 8.96. The van der Waals surface area contributed by atoms with Crippen LogP contribution in [0.15, 0.2) is 59.6 Å². The van der Waals surface area contributed by atoms with Crippen molar-refractivity contribution < 1.29 is 22.6 Å². The molecule has 0 bridgehead atoms. The number of benzene rings is 2. The third-order valence-corrected chi connectivity index (χ3v) is 3.45. The van der Waals surface area contributed by atoms with Crippen LogP contribution in [-0.4, -0.2) is 25.5 Å². The van der Waals surface area contributed by atoms with Gasteiger partial charge in [-0.25, -0.2) is 0 Å². The maximum Gasteiger partial charge on any atom is 0.573 e. The molecule has 0 amide bonds. The van der Waals surface area contributed by atoms with Crippen LogP contribution >= 0.6 is 0 Å². The van der Waals surface area contributed by atoms with E-state index < -0.39 is 6.36 Å². The number of hydrogen-bond acceptors (Lipinski definition) is 3. The van der Waals surface area contributed by atoms with Gasteiger partial charge in [-0.1, -0.05) is 30.3 Å². The fourth-order valence-corrected chi connectivity index (χ4v) is 2.21. The second kappa shape index (κ2) is 10.4. The fraction of sp³-hybridized carbons (Fsp3) is 0.316. The zero-order valence-electron chi connectivity index (χ0n) is 14.7. The molecule has 0 unspecified atom stereocenters. The molecule has 0 heterocycles. The van der Waals surface area contributed by atoms with Gasteiger partial charge in [-0.05, 0) is 42.7 Å². The normalized spacial score (nSPS) is 12.0. The number of alkyl halides is 3. The molecule has 0 saturated heterocycles. The van der Waals surface area contributed by atoms with Crippen molar-refractivity contribution in [3.05, 3.63) is 60.2 Å². The molecule has 27 heavy (non-hydrogen) atoms. The summed E-state index contributed by atoms with van der Waals surface area (Å²) in [4.78, 5) is 4.17. The minimum absolute atomic E-state index is 0.199. The quantitative estimate of drug-likeness (QED) is 0.386. The predicted octanol–water partition coefficient (Wildman–Crippen LogP) is 4.31. The van der Waals surface area contributed by atoms with Gasteiger partial charge in [-0.15, -0.1) is 13.2 Å². The Balaban J connectivity index is 1.61. The van der Waals surface area contributed by atoms with Crippen LogP contribution in [0.4, 0.5) is 18.9 Å². The summed E-state index contributed by atoms with van der Waals surface area (Å²) in [7, 11) is 0. The Morgan fingerprint density at radius 1 is 1.00 bits per heavy atom. The average molecular weight is 381 g/mol. The fourth-order valence-electron chi connectivity index (χ4n) is 2.21. The molecular formula is C19H22F3N3O2. The van der Waals surface area contributed by atoms with Gasteiger partial charge in [-0.2, -0.15) is 0 Å². The Labute approximate surface area is 156 Å². The maximum absolute atomic E-state index is 12.1. The SMILES string of the molecule is NC(=NCCCCOCc1ccccc1)Nc1ccc(OC(F)(F)F)cc1. The van der Waals surface area contributed by atoms with E-state index in [1.165, 1.54) is 24.3 Å². The Kier molecular flexibility index (Phi) is 7.94. The summed E-state index contributed by atoms with van der Waals surface area (Å²) in [5.41, 5.74) is 7.42. The van der Waals surface area contributed by atoms with Crippen LogP contribution in [0, 0.1) is 0 Å². The first kappa shape index (κ1) is 20.6. The summed E-state index contributed by atoms with van der Waals surface area (Å²) in [6, 6.07) is 15.2. The molecule has 3 N–H and O–H groups in total. The molecule has 146 valence electrons. The smallest absolute Gasteiger partial charge is 0.406 e. The lowest BCUT2D eigenvalue weighted by molar-refractivity contribution is -0.274. The lowest BCUT2D eigenvalue weighted by atomic mass is 10.2. The highest BCUT2D eigenvalue weighted by molar-refractivity contribution is 5.92. The van der Waals surface area contributed by atoms with Crippen molar-refractivity contribution in [1.29, 1.82) is 0 Å². The van der Waals surface area contributed by atoms with Crippen LogP contribution in [0.1, 0.15) is 18.4 Å². The lowest BCUT2D eigenvalue weighted by Gasteiger charge is -2.10. The first-order valence-corrected chi connectivity index (χ1v) is 8.47. The highest BCUT2D eigenvalue weighted by Crippen LogP contribution is 2.23.